The molecule has 0 saturated heterocycles. The fourth-order valence-electron chi connectivity index (χ4n) is 9.88. The van der Waals surface area contributed by atoms with E-state index in [9.17, 15) is 14.4 Å². The van der Waals surface area contributed by atoms with Crippen LogP contribution in [0.1, 0.15) is 348 Å². The Bertz CT molecular complexity index is 1440. The number of hydrogen-bond donors (Lipinski definition) is 0. The molecule has 6 heteroatoms. The highest BCUT2D eigenvalue weighted by molar-refractivity contribution is 5.71. The van der Waals surface area contributed by atoms with Crippen LogP contribution in [0.4, 0.5) is 0 Å². The standard InChI is InChI=1S/C72H128O6/c1-4-7-10-13-16-19-22-24-26-27-28-29-30-31-32-33-34-35-36-37-38-39-40-41-42-43-44-45-47-48-50-53-56-59-62-65-71(74)77-68-69(67-76-70(73)64-61-58-55-52-21-18-15-12-9-6-3)78-72(75)66-63-60-57-54-51-49-46-25-23-20-17-14-11-8-5-2/h7,10,16,19,24-26,28-29,31-32,46,69H,4-6,8-9,11-15,17-18,20-23,27,30,33-45,47-68H2,1-3H3/b10-7-,19-16-,26-24-,29-28-,32-31-,46-25-. The predicted octanol–water partition coefficient (Wildman–Crippen LogP) is 23.3. The maximum Gasteiger partial charge on any atom is 0.306 e. The smallest absolute Gasteiger partial charge is 0.306 e. The normalized spacial score (nSPS) is 12.5. The van der Waals surface area contributed by atoms with E-state index in [2.05, 4.69) is 93.7 Å². The van der Waals surface area contributed by atoms with Crippen molar-refractivity contribution in [2.45, 2.75) is 354 Å². The fourth-order valence-corrected chi connectivity index (χ4v) is 9.88. The zero-order valence-corrected chi connectivity index (χ0v) is 51.9. The third-order valence-corrected chi connectivity index (χ3v) is 14.9. The minimum atomic E-state index is -0.774. The van der Waals surface area contributed by atoms with Crippen LogP contribution < -0.4 is 0 Å². The Hall–Kier alpha value is -3.15. The van der Waals surface area contributed by atoms with Crippen LogP contribution in [-0.2, 0) is 28.6 Å². The van der Waals surface area contributed by atoms with Crippen molar-refractivity contribution in [3.8, 4) is 0 Å². The SMILES string of the molecule is CC/C=C\C/C=C\C/C=C\C/C=C\C/C=C\CCCCCCCCCCCCCCCCCCCCCC(=O)OCC(COC(=O)CCCCCCCCCCCC)OC(=O)CCCCCCC/C=C\CCCCCCCC. The summed E-state index contributed by atoms with van der Waals surface area (Å²) in [5.74, 6) is -0.864. The monoisotopic (exact) mass is 1090 g/mol. The van der Waals surface area contributed by atoms with E-state index >= 15 is 0 Å². The summed E-state index contributed by atoms with van der Waals surface area (Å²) in [5, 5.41) is 0. The van der Waals surface area contributed by atoms with Gasteiger partial charge in [-0.1, -0.05) is 312 Å². The molecule has 0 fully saturated rings. The van der Waals surface area contributed by atoms with Crippen molar-refractivity contribution in [2.75, 3.05) is 13.2 Å². The summed E-state index contributed by atoms with van der Waals surface area (Å²) in [5.41, 5.74) is 0. The van der Waals surface area contributed by atoms with Gasteiger partial charge in [-0.2, -0.15) is 0 Å². The first-order chi connectivity index (χ1) is 38.5. The van der Waals surface area contributed by atoms with Gasteiger partial charge >= 0.3 is 17.9 Å². The second-order valence-electron chi connectivity index (χ2n) is 22.7. The van der Waals surface area contributed by atoms with Crippen LogP contribution in [0.15, 0.2) is 72.9 Å². The van der Waals surface area contributed by atoms with Crippen LogP contribution in [-0.4, -0.2) is 37.2 Å². The first-order valence-corrected chi connectivity index (χ1v) is 33.9. The van der Waals surface area contributed by atoms with Crippen molar-refractivity contribution in [1.82, 2.24) is 0 Å². The van der Waals surface area contributed by atoms with Gasteiger partial charge in [0.15, 0.2) is 6.10 Å². The highest BCUT2D eigenvalue weighted by Gasteiger charge is 2.19. The summed E-state index contributed by atoms with van der Waals surface area (Å²) in [7, 11) is 0. The van der Waals surface area contributed by atoms with Gasteiger partial charge in [0.1, 0.15) is 13.2 Å². The summed E-state index contributed by atoms with van der Waals surface area (Å²) in [6.07, 6.45) is 86.6. The summed E-state index contributed by atoms with van der Waals surface area (Å²) in [6, 6.07) is 0. The van der Waals surface area contributed by atoms with Crippen LogP contribution in [0, 0.1) is 0 Å². The lowest BCUT2D eigenvalue weighted by atomic mass is 10.0. The number of esters is 3. The summed E-state index contributed by atoms with van der Waals surface area (Å²) < 4.78 is 16.9. The molecule has 78 heavy (non-hydrogen) atoms. The quantitative estimate of drug-likeness (QED) is 0.0261. The van der Waals surface area contributed by atoms with Gasteiger partial charge in [-0.25, -0.2) is 0 Å². The van der Waals surface area contributed by atoms with Gasteiger partial charge in [0, 0.05) is 19.3 Å². The highest BCUT2D eigenvalue weighted by atomic mass is 16.6. The number of hydrogen-bond acceptors (Lipinski definition) is 6. The van der Waals surface area contributed by atoms with Gasteiger partial charge < -0.3 is 14.2 Å². The third-order valence-electron chi connectivity index (χ3n) is 14.9. The molecule has 0 N–H and O–H groups in total. The topological polar surface area (TPSA) is 78.9 Å². The summed E-state index contributed by atoms with van der Waals surface area (Å²) in [4.78, 5) is 38.2. The zero-order chi connectivity index (χ0) is 56.4. The number of rotatable bonds is 62. The number of allylic oxidation sites excluding steroid dienone is 12. The number of unbranched alkanes of at least 4 members (excludes halogenated alkanes) is 39. The van der Waals surface area contributed by atoms with Gasteiger partial charge in [0.05, 0.1) is 0 Å². The molecule has 6 nitrogen and oxygen atoms in total. The van der Waals surface area contributed by atoms with Crippen molar-refractivity contribution < 1.29 is 28.6 Å². The molecule has 0 aliphatic rings. The first kappa shape index (κ1) is 74.8. The van der Waals surface area contributed by atoms with Crippen LogP contribution in [0.5, 0.6) is 0 Å². The van der Waals surface area contributed by atoms with Crippen molar-refractivity contribution in [3.63, 3.8) is 0 Å². The molecule has 1 atom stereocenters. The largest absolute Gasteiger partial charge is 0.462 e. The molecule has 0 aromatic heterocycles. The van der Waals surface area contributed by atoms with Crippen molar-refractivity contribution in [2.24, 2.45) is 0 Å². The van der Waals surface area contributed by atoms with Gasteiger partial charge in [-0.3, -0.25) is 14.4 Å². The molecule has 452 valence electrons. The first-order valence-electron chi connectivity index (χ1n) is 33.9. The Morgan fingerprint density at radius 2 is 0.500 bits per heavy atom. The van der Waals surface area contributed by atoms with Gasteiger partial charge in [0.25, 0.3) is 0 Å². The highest BCUT2D eigenvalue weighted by Crippen LogP contribution is 2.17. The average molecular weight is 1090 g/mol. The molecule has 0 bridgehead atoms. The molecule has 0 rings (SSSR count). The van der Waals surface area contributed by atoms with Crippen LogP contribution in [0.2, 0.25) is 0 Å². The molecule has 0 aliphatic heterocycles. The third kappa shape index (κ3) is 63.7. The molecular weight excluding hydrogens is 961 g/mol. The van der Waals surface area contributed by atoms with Crippen LogP contribution >= 0.6 is 0 Å². The fraction of sp³-hybridized carbons (Fsp3) is 0.792. The number of carbonyl (C=O) groups is 3. The van der Waals surface area contributed by atoms with E-state index in [1.54, 1.807) is 0 Å². The minimum Gasteiger partial charge on any atom is -0.462 e. The lowest BCUT2D eigenvalue weighted by Crippen LogP contribution is -2.30. The Morgan fingerprint density at radius 1 is 0.269 bits per heavy atom. The molecule has 0 aliphatic carbocycles. The summed E-state index contributed by atoms with van der Waals surface area (Å²) in [6.45, 7) is 6.54. The molecule has 0 spiro atoms. The molecule has 0 aromatic rings. The minimum absolute atomic E-state index is 0.0724. The number of ether oxygens (including phenoxy) is 3. The van der Waals surface area contributed by atoms with E-state index in [1.807, 2.05) is 0 Å². The van der Waals surface area contributed by atoms with E-state index in [0.29, 0.717) is 19.3 Å². The molecule has 1 unspecified atom stereocenters. The Labute approximate surface area is 484 Å². The molecular formula is C72H128O6. The lowest BCUT2D eigenvalue weighted by Gasteiger charge is -2.18. The van der Waals surface area contributed by atoms with E-state index < -0.39 is 6.10 Å². The van der Waals surface area contributed by atoms with Crippen molar-refractivity contribution >= 4 is 17.9 Å². The molecule has 0 aromatic carbocycles. The second kappa shape index (κ2) is 66.4. The van der Waals surface area contributed by atoms with Gasteiger partial charge in [-0.05, 0) is 89.9 Å². The Kier molecular flexibility index (Phi) is 63.7. The predicted molar refractivity (Wildman–Crippen MR) is 339 cm³/mol. The molecule has 0 amide bonds. The van der Waals surface area contributed by atoms with Crippen molar-refractivity contribution in [3.05, 3.63) is 72.9 Å². The van der Waals surface area contributed by atoms with E-state index in [1.165, 1.54) is 212 Å². The van der Waals surface area contributed by atoms with Gasteiger partial charge in [0.2, 0.25) is 0 Å². The molecule has 0 saturated carbocycles. The van der Waals surface area contributed by atoms with E-state index in [4.69, 9.17) is 14.2 Å². The van der Waals surface area contributed by atoms with E-state index in [0.717, 1.165) is 96.3 Å². The average Bonchev–Trinajstić information content (AvgIpc) is 3.44. The van der Waals surface area contributed by atoms with E-state index in [-0.39, 0.29) is 31.1 Å². The zero-order valence-electron chi connectivity index (χ0n) is 51.9. The second-order valence-corrected chi connectivity index (χ2v) is 22.7. The maximum absolute atomic E-state index is 12.9. The van der Waals surface area contributed by atoms with Crippen LogP contribution in [0.3, 0.4) is 0 Å². The molecule has 0 radical (unpaired) electrons. The maximum atomic E-state index is 12.9. The number of carbonyl (C=O) groups excluding carboxylic acids is 3. The Balaban J connectivity index is 4.04. The van der Waals surface area contributed by atoms with Crippen LogP contribution in [0.25, 0.3) is 0 Å². The summed E-state index contributed by atoms with van der Waals surface area (Å²) >= 11 is 0. The molecule has 0 heterocycles. The Morgan fingerprint density at radius 3 is 0.795 bits per heavy atom. The lowest BCUT2D eigenvalue weighted by molar-refractivity contribution is -0.167. The van der Waals surface area contributed by atoms with Gasteiger partial charge in [-0.15, -0.1) is 0 Å². The van der Waals surface area contributed by atoms with Crippen molar-refractivity contribution in [1.29, 1.82) is 0 Å².